The summed E-state index contributed by atoms with van der Waals surface area (Å²) in [6.07, 6.45) is 3.69. The van der Waals surface area contributed by atoms with Crippen LogP contribution in [0.1, 0.15) is 24.8 Å². The first kappa shape index (κ1) is 13.1. The summed E-state index contributed by atoms with van der Waals surface area (Å²) >= 11 is 0. The summed E-state index contributed by atoms with van der Waals surface area (Å²) < 4.78 is 0. The number of para-hydroxylation sites is 1. The van der Waals surface area contributed by atoms with E-state index in [1.807, 2.05) is 24.3 Å². The number of carbonyl (C=O) groups is 1. The molecule has 1 aromatic rings. The van der Waals surface area contributed by atoms with Crippen LogP contribution in [-0.2, 0) is 11.3 Å². The summed E-state index contributed by atoms with van der Waals surface area (Å²) in [5.74, 6) is 0.0535. The van der Waals surface area contributed by atoms with Crippen LogP contribution in [-0.4, -0.2) is 30.4 Å². The highest BCUT2D eigenvalue weighted by Crippen LogP contribution is 2.14. The molecule has 1 fully saturated rings. The molecule has 1 aliphatic rings. The lowest BCUT2D eigenvalue weighted by atomic mass is 10.1. The van der Waals surface area contributed by atoms with Gasteiger partial charge in [-0.05, 0) is 37.6 Å². The van der Waals surface area contributed by atoms with Gasteiger partial charge in [-0.3, -0.25) is 9.69 Å². The molecule has 0 bridgehead atoms. The quantitative estimate of drug-likeness (QED) is 0.849. The molecule has 0 unspecified atom stereocenters. The fourth-order valence-corrected chi connectivity index (χ4v) is 2.33. The Morgan fingerprint density at radius 2 is 1.94 bits per heavy atom. The van der Waals surface area contributed by atoms with Crippen molar-refractivity contribution in [3.63, 3.8) is 0 Å². The van der Waals surface area contributed by atoms with Gasteiger partial charge in [0.2, 0.25) is 5.91 Å². The van der Waals surface area contributed by atoms with Crippen LogP contribution in [0.4, 0.5) is 5.69 Å². The molecule has 3 N–H and O–H groups in total. The van der Waals surface area contributed by atoms with Gasteiger partial charge in [0, 0.05) is 12.2 Å². The number of rotatable bonds is 4. The van der Waals surface area contributed by atoms with Gasteiger partial charge in [-0.1, -0.05) is 24.6 Å². The summed E-state index contributed by atoms with van der Waals surface area (Å²) in [6, 6.07) is 7.69. The maximum absolute atomic E-state index is 12.0. The van der Waals surface area contributed by atoms with E-state index < -0.39 is 0 Å². The first-order chi connectivity index (χ1) is 8.79. The maximum atomic E-state index is 12.0. The van der Waals surface area contributed by atoms with Crippen molar-refractivity contribution in [1.29, 1.82) is 0 Å². The van der Waals surface area contributed by atoms with Crippen molar-refractivity contribution in [2.45, 2.75) is 25.8 Å². The number of piperidine rings is 1. The normalized spacial score (nSPS) is 16.5. The van der Waals surface area contributed by atoms with E-state index in [2.05, 4.69) is 10.2 Å². The maximum Gasteiger partial charge on any atom is 0.238 e. The van der Waals surface area contributed by atoms with Crippen LogP contribution in [0.15, 0.2) is 24.3 Å². The molecule has 0 aromatic heterocycles. The molecular formula is C14H21N3O. The summed E-state index contributed by atoms with van der Waals surface area (Å²) in [6.45, 7) is 3.00. The third-order valence-corrected chi connectivity index (χ3v) is 3.33. The van der Waals surface area contributed by atoms with Crippen LogP contribution in [0.25, 0.3) is 0 Å². The number of likely N-dealkylation sites (tertiary alicyclic amines) is 1. The second kappa shape index (κ2) is 6.52. The molecule has 0 radical (unpaired) electrons. The molecule has 18 heavy (non-hydrogen) atoms. The highest BCUT2D eigenvalue weighted by Gasteiger charge is 2.14. The summed E-state index contributed by atoms with van der Waals surface area (Å²) in [5, 5.41) is 2.95. The Hall–Kier alpha value is -1.39. The molecule has 1 aromatic carbocycles. The number of benzene rings is 1. The standard InChI is InChI=1S/C14H21N3O/c15-10-12-6-2-3-7-13(12)16-14(18)11-17-8-4-1-5-9-17/h2-3,6-7H,1,4-5,8-11,15H2,(H,16,18). The van der Waals surface area contributed by atoms with E-state index in [1.165, 1.54) is 19.3 Å². The lowest BCUT2D eigenvalue weighted by Gasteiger charge is -2.25. The number of hydrogen-bond acceptors (Lipinski definition) is 3. The van der Waals surface area contributed by atoms with Gasteiger partial charge in [-0.25, -0.2) is 0 Å². The Labute approximate surface area is 108 Å². The molecule has 0 atom stereocenters. The van der Waals surface area contributed by atoms with E-state index in [4.69, 9.17) is 5.73 Å². The van der Waals surface area contributed by atoms with Crippen molar-refractivity contribution >= 4 is 11.6 Å². The third kappa shape index (κ3) is 3.55. The molecule has 4 heteroatoms. The lowest BCUT2D eigenvalue weighted by molar-refractivity contribution is -0.117. The molecule has 1 aliphatic heterocycles. The van der Waals surface area contributed by atoms with Crippen LogP contribution in [0.5, 0.6) is 0 Å². The van der Waals surface area contributed by atoms with Crippen molar-refractivity contribution in [1.82, 2.24) is 4.90 Å². The molecule has 4 nitrogen and oxygen atoms in total. The number of hydrogen-bond donors (Lipinski definition) is 2. The zero-order valence-corrected chi connectivity index (χ0v) is 10.7. The van der Waals surface area contributed by atoms with Crippen LogP contribution in [0, 0.1) is 0 Å². The highest BCUT2D eigenvalue weighted by molar-refractivity contribution is 5.93. The summed E-state index contributed by atoms with van der Waals surface area (Å²) in [4.78, 5) is 14.2. The smallest absolute Gasteiger partial charge is 0.238 e. The highest BCUT2D eigenvalue weighted by atomic mass is 16.2. The number of anilines is 1. The molecule has 1 heterocycles. The van der Waals surface area contributed by atoms with Gasteiger partial charge in [0.15, 0.2) is 0 Å². The fourth-order valence-electron chi connectivity index (χ4n) is 2.33. The first-order valence-electron chi connectivity index (χ1n) is 6.60. The van der Waals surface area contributed by atoms with Crippen LogP contribution in [0.3, 0.4) is 0 Å². The summed E-state index contributed by atoms with van der Waals surface area (Å²) in [5.41, 5.74) is 7.46. The minimum atomic E-state index is 0.0535. The third-order valence-electron chi connectivity index (χ3n) is 3.33. The Balaban J connectivity index is 1.90. The number of nitrogens with two attached hydrogens (primary N) is 1. The predicted molar refractivity (Wildman–Crippen MR) is 73.3 cm³/mol. The molecular weight excluding hydrogens is 226 g/mol. The number of nitrogens with one attached hydrogen (secondary N) is 1. The van der Waals surface area contributed by atoms with Crippen molar-refractivity contribution in [2.24, 2.45) is 5.73 Å². The van der Waals surface area contributed by atoms with E-state index >= 15 is 0 Å². The molecule has 0 aliphatic carbocycles. The van der Waals surface area contributed by atoms with Gasteiger partial charge < -0.3 is 11.1 Å². The lowest BCUT2D eigenvalue weighted by Crippen LogP contribution is -2.37. The average Bonchev–Trinajstić information content (AvgIpc) is 2.40. The largest absolute Gasteiger partial charge is 0.326 e. The summed E-state index contributed by atoms with van der Waals surface area (Å²) in [7, 11) is 0. The van der Waals surface area contributed by atoms with Gasteiger partial charge in [0.1, 0.15) is 0 Å². The molecule has 0 spiro atoms. The molecule has 2 rings (SSSR count). The SMILES string of the molecule is NCc1ccccc1NC(=O)CN1CCCCC1. The molecule has 1 amide bonds. The molecule has 1 saturated heterocycles. The Bertz CT molecular complexity index is 400. The Kier molecular flexibility index (Phi) is 4.73. The van der Waals surface area contributed by atoms with Gasteiger partial charge >= 0.3 is 0 Å². The van der Waals surface area contributed by atoms with Crippen molar-refractivity contribution in [2.75, 3.05) is 25.0 Å². The first-order valence-corrected chi connectivity index (χ1v) is 6.60. The van der Waals surface area contributed by atoms with Crippen molar-refractivity contribution in [3.05, 3.63) is 29.8 Å². The van der Waals surface area contributed by atoms with E-state index in [1.54, 1.807) is 0 Å². The topological polar surface area (TPSA) is 58.4 Å². The second-order valence-electron chi connectivity index (χ2n) is 4.75. The van der Waals surface area contributed by atoms with Crippen LogP contribution < -0.4 is 11.1 Å². The fraction of sp³-hybridized carbons (Fsp3) is 0.500. The number of nitrogens with zero attached hydrogens (tertiary/aromatic N) is 1. The van der Waals surface area contributed by atoms with Gasteiger partial charge in [0.25, 0.3) is 0 Å². The van der Waals surface area contributed by atoms with E-state index in [9.17, 15) is 4.79 Å². The monoisotopic (exact) mass is 247 g/mol. The number of amides is 1. The second-order valence-corrected chi connectivity index (χ2v) is 4.75. The predicted octanol–water partition coefficient (Wildman–Crippen LogP) is 1.57. The average molecular weight is 247 g/mol. The van der Waals surface area contributed by atoms with Crippen molar-refractivity contribution < 1.29 is 4.79 Å². The van der Waals surface area contributed by atoms with Crippen LogP contribution in [0.2, 0.25) is 0 Å². The minimum absolute atomic E-state index is 0.0535. The van der Waals surface area contributed by atoms with E-state index in [-0.39, 0.29) is 5.91 Å². The zero-order chi connectivity index (χ0) is 12.8. The Morgan fingerprint density at radius 3 is 2.67 bits per heavy atom. The molecule has 0 saturated carbocycles. The number of carbonyl (C=O) groups excluding carboxylic acids is 1. The van der Waals surface area contributed by atoms with Gasteiger partial charge in [-0.2, -0.15) is 0 Å². The van der Waals surface area contributed by atoms with Crippen LogP contribution >= 0.6 is 0 Å². The molecule has 98 valence electrons. The van der Waals surface area contributed by atoms with E-state index in [0.717, 1.165) is 24.3 Å². The van der Waals surface area contributed by atoms with E-state index in [0.29, 0.717) is 13.1 Å². The Morgan fingerprint density at radius 1 is 1.22 bits per heavy atom. The van der Waals surface area contributed by atoms with Gasteiger partial charge in [-0.15, -0.1) is 0 Å². The minimum Gasteiger partial charge on any atom is -0.326 e. The van der Waals surface area contributed by atoms with Gasteiger partial charge in [0.05, 0.1) is 6.54 Å². The van der Waals surface area contributed by atoms with Crippen molar-refractivity contribution in [3.8, 4) is 0 Å². The zero-order valence-electron chi connectivity index (χ0n) is 10.7.